The summed E-state index contributed by atoms with van der Waals surface area (Å²) in [5, 5.41) is 23.2. The molecule has 104 valence electrons. The molecule has 0 aromatic heterocycles. The number of alkyl halides is 1. The van der Waals surface area contributed by atoms with Crippen LogP contribution < -0.4 is 14.8 Å². The average molecular weight is 289 g/mol. The quantitative estimate of drug-likeness (QED) is 0.483. The van der Waals surface area contributed by atoms with Gasteiger partial charge in [0.1, 0.15) is 18.9 Å². The van der Waals surface area contributed by atoms with E-state index in [2.05, 4.69) is 5.32 Å². The van der Waals surface area contributed by atoms with Crippen molar-refractivity contribution in [3.8, 4) is 11.5 Å². The lowest BCUT2D eigenvalue weighted by Crippen LogP contribution is -2.21. The van der Waals surface area contributed by atoms with Gasteiger partial charge in [-0.3, -0.25) is 10.1 Å². The molecule has 0 spiro atoms. The standard InChI is InChI=1S/C11H13ClN2O5/c12-5-7(15)6-13-8-3-10-11(19-2-1-18-10)4-9(8)14(16)17/h3-4,7,13,15H,1-2,5-6H2. The Labute approximate surface area is 114 Å². The molecule has 0 amide bonds. The number of nitro groups is 1. The molecule has 1 unspecified atom stereocenters. The zero-order valence-corrected chi connectivity index (χ0v) is 10.7. The summed E-state index contributed by atoms with van der Waals surface area (Å²) >= 11 is 5.47. The summed E-state index contributed by atoms with van der Waals surface area (Å²) in [6.45, 7) is 0.875. The van der Waals surface area contributed by atoms with Gasteiger partial charge in [-0.25, -0.2) is 0 Å². The summed E-state index contributed by atoms with van der Waals surface area (Å²) in [4.78, 5) is 10.5. The van der Waals surface area contributed by atoms with Crippen molar-refractivity contribution in [3.63, 3.8) is 0 Å². The van der Waals surface area contributed by atoms with Crippen LogP contribution in [0, 0.1) is 10.1 Å². The summed E-state index contributed by atoms with van der Waals surface area (Å²) < 4.78 is 10.6. The molecule has 19 heavy (non-hydrogen) atoms. The molecule has 0 saturated carbocycles. The Kier molecular flexibility index (Phi) is 4.28. The Morgan fingerprint density at radius 3 is 2.63 bits per heavy atom. The second kappa shape index (κ2) is 5.94. The Bertz CT molecular complexity index is 482. The fourth-order valence-corrected chi connectivity index (χ4v) is 1.76. The third-order valence-corrected chi connectivity index (χ3v) is 2.92. The van der Waals surface area contributed by atoms with E-state index in [1.54, 1.807) is 0 Å². The molecule has 1 aromatic rings. The first-order chi connectivity index (χ1) is 9.11. The number of aliphatic hydroxyl groups is 1. The number of fused-ring (bicyclic) bond motifs is 1. The largest absolute Gasteiger partial charge is 0.486 e. The van der Waals surface area contributed by atoms with Gasteiger partial charge in [0.15, 0.2) is 11.5 Å². The first kappa shape index (κ1) is 13.7. The maximum absolute atomic E-state index is 11.0. The molecule has 1 atom stereocenters. The van der Waals surface area contributed by atoms with Crippen molar-refractivity contribution in [2.45, 2.75) is 6.10 Å². The first-order valence-electron chi connectivity index (χ1n) is 5.67. The average Bonchev–Trinajstić information content (AvgIpc) is 2.43. The summed E-state index contributed by atoms with van der Waals surface area (Å²) in [6, 6.07) is 2.80. The number of aliphatic hydroxyl groups excluding tert-OH is 1. The highest BCUT2D eigenvalue weighted by Crippen LogP contribution is 2.39. The fourth-order valence-electron chi connectivity index (χ4n) is 1.65. The number of anilines is 1. The molecule has 0 saturated heterocycles. The number of benzene rings is 1. The fraction of sp³-hybridized carbons (Fsp3) is 0.455. The van der Waals surface area contributed by atoms with Gasteiger partial charge in [-0.05, 0) is 0 Å². The topological polar surface area (TPSA) is 93.9 Å². The predicted octanol–water partition coefficient (Wildman–Crippen LogP) is 1.38. The number of halogens is 1. The van der Waals surface area contributed by atoms with Crippen LogP contribution in [0.1, 0.15) is 0 Å². The number of nitrogens with one attached hydrogen (secondary N) is 1. The van der Waals surface area contributed by atoms with Crippen LogP contribution in [-0.4, -0.2) is 41.8 Å². The number of nitro benzene ring substituents is 1. The van der Waals surface area contributed by atoms with Gasteiger partial charge in [0.25, 0.3) is 5.69 Å². The Hall–Kier alpha value is -1.73. The summed E-state index contributed by atoms with van der Waals surface area (Å²) in [6.07, 6.45) is -0.783. The maximum atomic E-state index is 11.0. The molecule has 2 N–H and O–H groups in total. The molecular formula is C11H13ClN2O5. The van der Waals surface area contributed by atoms with Crippen molar-refractivity contribution in [3.05, 3.63) is 22.2 Å². The van der Waals surface area contributed by atoms with Gasteiger partial charge < -0.3 is 19.9 Å². The monoisotopic (exact) mass is 288 g/mol. The minimum absolute atomic E-state index is 0.0470. The van der Waals surface area contributed by atoms with E-state index in [-0.39, 0.29) is 23.8 Å². The first-order valence-corrected chi connectivity index (χ1v) is 6.21. The van der Waals surface area contributed by atoms with Gasteiger partial charge in [0, 0.05) is 12.6 Å². The highest BCUT2D eigenvalue weighted by Gasteiger charge is 2.22. The number of hydrogen-bond acceptors (Lipinski definition) is 6. The molecule has 2 rings (SSSR count). The summed E-state index contributed by atoms with van der Waals surface area (Å²) in [7, 11) is 0. The Morgan fingerprint density at radius 1 is 1.42 bits per heavy atom. The zero-order chi connectivity index (χ0) is 13.8. The Morgan fingerprint density at radius 2 is 2.05 bits per heavy atom. The SMILES string of the molecule is O=[N+]([O-])c1cc2c(cc1NCC(O)CCl)OCCO2. The van der Waals surface area contributed by atoms with Gasteiger partial charge in [0.2, 0.25) is 0 Å². The van der Waals surface area contributed by atoms with Gasteiger partial charge in [-0.2, -0.15) is 0 Å². The van der Waals surface area contributed by atoms with E-state index in [0.29, 0.717) is 24.7 Å². The van der Waals surface area contributed by atoms with Crippen LogP contribution in [0.15, 0.2) is 12.1 Å². The second-order valence-corrected chi connectivity index (χ2v) is 4.27. The third kappa shape index (κ3) is 3.18. The molecule has 0 fully saturated rings. The van der Waals surface area contributed by atoms with Crippen molar-refractivity contribution in [1.82, 2.24) is 0 Å². The second-order valence-electron chi connectivity index (χ2n) is 3.96. The van der Waals surface area contributed by atoms with E-state index in [1.165, 1.54) is 12.1 Å². The molecule has 1 aliphatic rings. The van der Waals surface area contributed by atoms with Crippen LogP contribution in [0.3, 0.4) is 0 Å². The highest BCUT2D eigenvalue weighted by atomic mass is 35.5. The highest BCUT2D eigenvalue weighted by molar-refractivity contribution is 6.18. The van der Waals surface area contributed by atoms with Crippen molar-refractivity contribution in [1.29, 1.82) is 0 Å². The van der Waals surface area contributed by atoms with E-state index in [1.807, 2.05) is 0 Å². The molecule has 1 aromatic carbocycles. The van der Waals surface area contributed by atoms with Crippen molar-refractivity contribution in [2.24, 2.45) is 0 Å². The van der Waals surface area contributed by atoms with Crippen LogP contribution in [0.2, 0.25) is 0 Å². The zero-order valence-electron chi connectivity index (χ0n) is 9.97. The van der Waals surface area contributed by atoms with Gasteiger partial charge in [-0.1, -0.05) is 0 Å². The maximum Gasteiger partial charge on any atom is 0.296 e. The smallest absolute Gasteiger partial charge is 0.296 e. The molecule has 1 heterocycles. The van der Waals surface area contributed by atoms with Gasteiger partial charge >= 0.3 is 0 Å². The van der Waals surface area contributed by atoms with E-state index < -0.39 is 11.0 Å². The van der Waals surface area contributed by atoms with Crippen molar-refractivity contribution >= 4 is 23.0 Å². The number of hydrogen-bond donors (Lipinski definition) is 2. The molecular weight excluding hydrogens is 276 g/mol. The molecule has 0 bridgehead atoms. The van der Waals surface area contributed by atoms with E-state index in [0.717, 1.165) is 0 Å². The number of rotatable bonds is 5. The normalized spacial score (nSPS) is 14.8. The molecule has 1 aliphatic heterocycles. The minimum Gasteiger partial charge on any atom is -0.486 e. The van der Waals surface area contributed by atoms with Crippen LogP contribution in [-0.2, 0) is 0 Å². The van der Waals surface area contributed by atoms with E-state index in [9.17, 15) is 15.2 Å². The number of ether oxygens (including phenoxy) is 2. The summed E-state index contributed by atoms with van der Waals surface area (Å²) in [5.74, 6) is 0.840. The minimum atomic E-state index is -0.783. The van der Waals surface area contributed by atoms with Gasteiger partial charge in [-0.15, -0.1) is 11.6 Å². The number of nitrogens with zero attached hydrogens (tertiary/aromatic N) is 1. The molecule has 0 aliphatic carbocycles. The lowest BCUT2D eigenvalue weighted by Gasteiger charge is -2.19. The van der Waals surface area contributed by atoms with Crippen molar-refractivity contribution < 1.29 is 19.5 Å². The van der Waals surface area contributed by atoms with Crippen LogP contribution in [0.4, 0.5) is 11.4 Å². The van der Waals surface area contributed by atoms with Gasteiger partial charge in [0.05, 0.1) is 23.0 Å². The summed E-state index contributed by atoms with van der Waals surface area (Å²) in [5.41, 5.74) is 0.129. The third-order valence-electron chi connectivity index (χ3n) is 2.56. The Balaban J connectivity index is 2.26. The van der Waals surface area contributed by atoms with Crippen molar-refractivity contribution in [2.75, 3.05) is 31.0 Å². The predicted molar refractivity (Wildman–Crippen MR) is 69.3 cm³/mol. The lowest BCUT2D eigenvalue weighted by molar-refractivity contribution is -0.384. The molecule has 7 nitrogen and oxygen atoms in total. The molecule has 8 heteroatoms. The van der Waals surface area contributed by atoms with E-state index >= 15 is 0 Å². The van der Waals surface area contributed by atoms with Crippen LogP contribution in [0.25, 0.3) is 0 Å². The molecule has 0 radical (unpaired) electrons. The van der Waals surface area contributed by atoms with Crippen LogP contribution in [0.5, 0.6) is 11.5 Å². The lowest BCUT2D eigenvalue weighted by atomic mass is 10.2. The van der Waals surface area contributed by atoms with Crippen LogP contribution >= 0.6 is 11.6 Å². The van der Waals surface area contributed by atoms with E-state index in [4.69, 9.17) is 21.1 Å².